The number of carbonyl (C=O) groups is 1. The number of halogens is 1. The van der Waals surface area contributed by atoms with E-state index in [1.54, 1.807) is 0 Å². The number of hydrogen-bond donors (Lipinski definition) is 2. The molecule has 0 aliphatic carbocycles. The van der Waals surface area contributed by atoms with E-state index in [4.69, 9.17) is 16.7 Å². The minimum Gasteiger partial charge on any atom is -0.396 e. The van der Waals surface area contributed by atoms with Crippen molar-refractivity contribution in [3.63, 3.8) is 0 Å². The molecule has 0 aliphatic rings. The summed E-state index contributed by atoms with van der Waals surface area (Å²) >= 11 is 5.73. The fourth-order valence-electron chi connectivity index (χ4n) is 2.33. The third-order valence-corrected chi connectivity index (χ3v) is 3.53. The lowest BCUT2D eigenvalue weighted by Crippen LogP contribution is -2.30. The van der Waals surface area contributed by atoms with Crippen LogP contribution in [-0.4, -0.2) is 29.1 Å². The van der Waals surface area contributed by atoms with Crippen molar-refractivity contribution in [3.8, 4) is 0 Å². The molecular formula is C15H21ClN2O4. The molecule has 1 amide bonds. The van der Waals surface area contributed by atoms with Gasteiger partial charge in [-0.05, 0) is 36.8 Å². The van der Waals surface area contributed by atoms with Gasteiger partial charge in [-0.15, -0.1) is 0 Å². The van der Waals surface area contributed by atoms with Crippen LogP contribution in [0.25, 0.3) is 0 Å². The maximum atomic E-state index is 12.2. The quantitative estimate of drug-likeness (QED) is 0.566. The lowest BCUT2D eigenvalue weighted by Gasteiger charge is -2.18. The van der Waals surface area contributed by atoms with Crippen molar-refractivity contribution in [1.29, 1.82) is 0 Å². The Morgan fingerprint density at radius 3 is 2.68 bits per heavy atom. The molecule has 7 heteroatoms. The number of carbonyl (C=O) groups excluding carboxylic acids is 1. The zero-order valence-electron chi connectivity index (χ0n) is 12.7. The zero-order valence-corrected chi connectivity index (χ0v) is 13.5. The second-order valence-electron chi connectivity index (χ2n) is 5.64. The smallest absolute Gasteiger partial charge is 0.283 e. The Bertz CT molecular complexity index is 534. The maximum Gasteiger partial charge on any atom is 0.283 e. The predicted molar refractivity (Wildman–Crippen MR) is 85.1 cm³/mol. The number of hydrogen-bond acceptors (Lipinski definition) is 4. The standard InChI is InChI=1S/C15H21ClN2O4/c1-10(2)7-11(5-6-19)9-17-15(20)13-4-3-12(16)8-14(13)18(21)22/h3-4,8,10-11,19H,5-7,9H2,1-2H3,(H,17,20). The van der Waals surface area contributed by atoms with Crippen LogP contribution in [0.4, 0.5) is 5.69 Å². The molecule has 0 saturated carbocycles. The summed E-state index contributed by atoms with van der Waals surface area (Å²) in [6.45, 7) is 4.55. The van der Waals surface area contributed by atoms with Gasteiger partial charge in [0.25, 0.3) is 11.6 Å². The molecule has 0 fully saturated rings. The van der Waals surface area contributed by atoms with Gasteiger partial charge in [0, 0.05) is 24.2 Å². The molecule has 0 saturated heterocycles. The molecule has 0 radical (unpaired) electrons. The molecule has 0 spiro atoms. The molecule has 1 atom stereocenters. The summed E-state index contributed by atoms with van der Waals surface area (Å²) in [6.07, 6.45) is 1.45. The van der Waals surface area contributed by atoms with Crippen LogP contribution in [0, 0.1) is 22.0 Å². The second-order valence-corrected chi connectivity index (χ2v) is 6.07. The number of nitrogens with one attached hydrogen (secondary N) is 1. The highest BCUT2D eigenvalue weighted by molar-refractivity contribution is 6.31. The summed E-state index contributed by atoms with van der Waals surface area (Å²) < 4.78 is 0. The number of aliphatic hydroxyl groups is 1. The number of amides is 1. The lowest BCUT2D eigenvalue weighted by molar-refractivity contribution is -0.385. The van der Waals surface area contributed by atoms with E-state index in [2.05, 4.69) is 19.2 Å². The van der Waals surface area contributed by atoms with Crippen LogP contribution in [0.3, 0.4) is 0 Å². The van der Waals surface area contributed by atoms with Gasteiger partial charge in [0.15, 0.2) is 0 Å². The van der Waals surface area contributed by atoms with Gasteiger partial charge in [-0.2, -0.15) is 0 Å². The van der Waals surface area contributed by atoms with E-state index in [0.29, 0.717) is 18.9 Å². The lowest BCUT2D eigenvalue weighted by atomic mass is 9.94. The topological polar surface area (TPSA) is 92.5 Å². The van der Waals surface area contributed by atoms with Gasteiger partial charge < -0.3 is 10.4 Å². The number of rotatable bonds is 8. The third kappa shape index (κ3) is 5.61. The van der Waals surface area contributed by atoms with Crippen molar-refractivity contribution in [1.82, 2.24) is 5.32 Å². The van der Waals surface area contributed by atoms with Crippen molar-refractivity contribution in [2.75, 3.05) is 13.2 Å². The van der Waals surface area contributed by atoms with Crippen LogP contribution < -0.4 is 5.32 Å². The van der Waals surface area contributed by atoms with Crippen molar-refractivity contribution < 1.29 is 14.8 Å². The summed E-state index contributed by atoms with van der Waals surface area (Å²) in [7, 11) is 0. The van der Waals surface area contributed by atoms with E-state index in [9.17, 15) is 14.9 Å². The van der Waals surface area contributed by atoms with Crippen molar-refractivity contribution in [3.05, 3.63) is 38.9 Å². The molecule has 1 aromatic carbocycles. The number of nitro groups is 1. The van der Waals surface area contributed by atoms with E-state index < -0.39 is 10.8 Å². The Kier molecular flexibility index (Phi) is 7.27. The largest absolute Gasteiger partial charge is 0.396 e. The first-order valence-electron chi connectivity index (χ1n) is 7.18. The first kappa shape index (κ1) is 18.4. The van der Waals surface area contributed by atoms with E-state index in [1.165, 1.54) is 12.1 Å². The van der Waals surface area contributed by atoms with E-state index >= 15 is 0 Å². The molecule has 0 heterocycles. The summed E-state index contributed by atoms with van der Waals surface area (Å²) in [5.74, 6) is 0.0775. The normalized spacial score (nSPS) is 12.2. The second kappa shape index (κ2) is 8.70. The predicted octanol–water partition coefficient (Wildman–Crippen LogP) is 3.02. The number of nitrogens with zero attached hydrogens (tertiary/aromatic N) is 1. The average Bonchev–Trinajstić information content (AvgIpc) is 2.44. The molecule has 1 aromatic rings. The van der Waals surface area contributed by atoms with Crippen molar-refractivity contribution >= 4 is 23.2 Å². The molecule has 1 unspecified atom stereocenters. The van der Waals surface area contributed by atoms with Gasteiger partial charge in [-0.25, -0.2) is 0 Å². The molecule has 0 aliphatic heterocycles. The molecule has 0 aromatic heterocycles. The van der Waals surface area contributed by atoms with Gasteiger partial charge in [-0.1, -0.05) is 25.4 Å². The van der Waals surface area contributed by atoms with Crippen LogP contribution in [0.2, 0.25) is 5.02 Å². The monoisotopic (exact) mass is 328 g/mol. The van der Waals surface area contributed by atoms with E-state index in [-0.39, 0.29) is 28.8 Å². The molecular weight excluding hydrogens is 308 g/mol. The number of aliphatic hydroxyl groups excluding tert-OH is 1. The molecule has 22 heavy (non-hydrogen) atoms. The van der Waals surface area contributed by atoms with Crippen LogP contribution in [-0.2, 0) is 0 Å². The fraction of sp³-hybridized carbons (Fsp3) is 0.533. The number of benzene rings is 1. The van der Waals surface area contributed by atoms with Crippen LogP contribution in [0.1, 0.15) is 37.0 Å². The van der Waals surface area contributed by atoms with Crippen LogP contribution >= 0.6 is 11.6 Å². The van der Waals surface area contributed by atoms with Gasteiger partial charge in [0.2, 0.25) is 0 Å². The van der Waals surface area contributed by atoms with E-state index in [0.717, 1.165) is 12.5 Å². The SMILES string of the molecule is CC(C)CC(CCO)CNC(=O)c1ccc(Cl)cc1[N+](=O)[O-]. The zero-order chi connectivity index (χ0) is 16.7. The highest BCUT2D eigenvalue weighted by Gasteiger charge is 2.21. The first-order chi connectivity index (χ1) is 10.3. The molecule has 122 valence electrons. The molecule has 6 nitrogen and oxygen atoms in total. The van der Waals surface area contributed by atoms with Crippen LogP contribution in [0.15, 0.2) is 18.2 Å². The Balaban J connectivity index is 2.78. The van der Waals surface area contributed by atoms with Crippen molar-refractivity contribution in [2.24, 2.45) is 11.8 Å². The summed E-state index contributed by atoms with van der Waals surface area (Å²) in [4.78, 5) is 22.5. The van der Waals surface area contributed by atoms with Gasteiger partial charge in [0.1, 0.15) is 5.56 Å². The molecule has 0 bridgehead atoms. The Labute approximate surface area is 134 Å². The average molecular weight is 329 g/mol. The molecule has 2 N–H and O–H groups in total. The maximum absolute atomic E-state index is 12.2. The van der Waals surface area contributed by atoms with Gasteiger partial charge >= 0.3 is 0 Å². The summed E-state index contributed by atoms with van der Waals surface area (Å²) in [5, 5.41) is 23.0. The summed E-state index contributed by atoms with van der Waals surface area (Å²) in [6, 6.07) is 3.96. The Hall–Kier alpha value is -1.66. The minimum absolute atomic E-state index is 0.0123. The molecule has 1 rings (SSSR count). The fourth-order valence-corrected chi connectivity index (χ4v) is 2.50. The number of nitro benzene ring substituents is 1. The minimum atomic E-state index is -0.625. The Morgan fingerprint density at radius 1 is 1.45 bits per heavy atom. The summed E-state index contributed by atoms with van der Waals surface area (Å²) in [5.41, 5.74) is -0.325. The van der Waals surface area contributed by atoms with Gasteiger partial charge in [-0.3, -0.25) is 14.9 Å². The van der Waals surface area contributed by atoms with Crippen LogP contribution in [0.5, 0.6) is 0 Å². The van der Waals surface area contributed by atoms with Crippen molar-refractivity contribution in [2.45, 2.75) is 26.7 Å². The Morgan fingerprint density at radius 2 is 2.14 bits per heavy atom. The van der Waals surface area contributed by atoms with E-state index in [1.807, 2.05) is 0 Å². The highest BCUT2D eigenvalue weighted by atomic mass is 35.5. The highest BCUT2D eigenvalue weighted by Crippen LogP contribution is 2.23. The first-order valence-corrected chi connectivity index (χ1v) is 7.56. The third-order valence-electron chi connectivity index (χ3n) is 3.29. The van der Waals surface area contributed by atoms with Gasteiger partial charge in [0.05, 0.1) is 4.92 Å².